The van der Waals surface area contributed by atoms with E-state index >= 15 is 0 Å². The van der Waals surface area contributed by atoms with Crippen molar-refractivity contribution in [2.75, 3.05) is 13.2 Å². The minimum atomic E-state index is -0.194. The summed E-state index contributed by atoms with van der Waals surface area (Å²) in [6.45, 7) is 2.04. The first-order valence-corrected chi connectivity index (χ1v) is 7.92. The lowest BCUT2D eigenvalue weighted by molar-refractivity contribution is 0.185. The fourth-order valence-electron chi connectivity index (χ4n) is 3.13. The molecule has 0 saturated carbocycles. The van der Waals surface area contributed by atoms with E-state index in [4.69, 9.17) is 9.72 Å². The third-order valence-electron chi connectivity index (χ3n) is 4.36. The summed E-state index contributed by atoms with van der Waals surface area (Å²) < 4.78 is 21.5. The number of ether oxygens (including phenoxy) is 1. The SMILES string of the molecule is Fc1ccccc1Cn1c(CC2CCOC2)nc2cccnc21. The molecule has 1 fully saturated rings. The maximum absolute atomic E-state index is 14.0. The molecule has 1 aliphatic heterocycles. The van der Waals surface area contributed by atoms with Crippen molar-refractivity contribution >= 4 is 11.2 Å². The number of imidazole rings is 1. The smallest absolute Gasteiger partial charge is 0.160 e. The van der Waals surface area contributed by atoms with Gasteiger partial charge in [0.1, 0.15) is 17.2 Å². The van der Waals surface area contributed by atoms with Gasteiger partial charge in [-0.2, -0.15) is 0 Å². The number of pyridine rings is 1. The summed E-state index contributed by atoms with van der Waals surface area (Å²) >= 11 is 0. The molecule has 0 spiro atoms. The Balaban J connectivity index is 1.74. The Kier molecular flexibility index (Phi) is 3.79. The Morgan fingerprint density at radius 3 is 2.96 bits per heavy atom. The molecular weight excluding hydrogens is 293 g/mol. The van der Waals surface area contributed by atoms with Crippen LogP contribution in [-0.4, -0.2) is 27.7 Å². The van der Waals surface area contributed by atoms with Crippen molar-refractivity contribution in [1.82, 2.24) is 14.5 Å². The topological polar surface area (TPSA) is 39.9 Å². The van der Waals surface area contributed by atoms with Gasteiger partial charge in [0, 0.05) is 31.4 Å². The van der Waals surface area contributed by atoms with E-state index in [1.165, 1.54) is 6.07 Å². The fourth-order valence-corrected chi connectivity index (χ4v) is 3.13. The molecule has 0 N–H and O–H groups in total. The molecule has 0 bridgehead atoms. The summed E-state index contributed by atoms with van der Waals surface area (Å²) in [5, 5.41) is 0. The molecule has 4 nitrogen and oxygen atoms in total. The van der Waals surface area contributed by atoms with Crippen LogP contribution in [0.25, 0.3) is 11.2 Å². The number of nitrogens with zero attached hydrogens (tertiary/aromatic N) is 3. The van der Waals surface area contributed by atoms with Gasteiger partial charge in [0.25, 0.3) is 0 Å². The standard InChI is InChI=1S/C18H18FN3O/c19-15-5-2-1-4-14(15)11-22-17(10-13-7-9-23-12-13)21-16-6-3-8-20-18(16)22/h1-6,8,13H,7,9-12H2. The van der Waals surface area contributed by atoms with Gasteiger partial charge in [-0.3, -0.25) is 0 Å². The second-order valence-corrected chi connectivity index (χ2v) is 5.99. The number of halogens is 1. The van der Waals surface area contributed by atoms with Crippen LogP contribution in [0.1, 0.15) is 17.8 Å². The summed E-state index contributed by atoms with van der Waals surface area (Å²) in [6.07, 6.45) is 3.64. The van der Waals surface area contributed by atoms with E-state index in [-0.39, 0.29) is 5.82 Å². The number of rotatable bonds is 4. The van der Waals surface area contributed by atoms with Gasteiger partial charge in [-0.05, 0) is 30.5 Å². The van der Waals surface area contributed by atoms with Gasteiger partial charge in [0.2, 0.25) is 0 Å². The van der Waals surface area contributed by atoms with Crippen LogP contribution in [0.4, 0.5) is 4.39 Å². The molecule has 118 valence electrons. The number of hydrogen-bond donors (Lipinski definition) is 0. The molecule has 23 heavy (non-hydrogen) atoms. The zero-order valence-electron chi connectivity index (χ0n) is 12.8. The Bertz CT molecular complexity index is 824. The monoisotopic (exact) mass is 311 g/mol. The molecular formula is C18H18FN3O. The van der Waals surface area contributed by atoms with Gasteiger partial charge >= 0.3 is 0 Å². The minimum Gasteiger partial charge on any atom is -0.381 e. The van der Waals surface area contributed by atoms with Crippen molar-refractivity contribution in [3.63, 3.8) is 0 Å². The Morgan fingerprint density at radius 1 is 1.22 bits per heavy atom. The normalized spacial score (nSPS) is 17.9. The first-order valence-electron chi connectivity index (χ1n) is 7.92. The highest BCUT2D eigenvalue weighted by molar-refractivity contribution is 5.71. The Morgan fingerprint density at radius 2 is 2.13 bits per heavy atom. The molecule has 0 aliphatic carbocycles. The van der Waals surface area contributed by atoms with Crippen LogP contribution in [-0.2, 0) is 17.7 Å². The number of fused-ring (bicyclic) bond motifs is 1. The number of aromatic nitrogens is 3. The predicted molar refractivity (Wildman–Crippen MR) is 85.7 cm³/mol. The highest BCUT2D eigenvalue weighted by atomic mass is 19.1. The van der Waals surface area contributed by atoms with Crippen LogP contribution >= 0.6 is 0 Å². The Labute approximate surface area is 133 Å². The van der Waals surface area contributed by atoms with Crippen molar-refractivity contribution in [3.8, 4) is 0 Å². The largest absolute Gasteiger partial charge is 0.381 e. The first-order chi connectivity index (χ1) is 11.3. The van der Waals surface area contributed by atoms with E-state index in [2.05, 4.69) is 4.98 Å². The molecule has 0 radical (unpaired) electrons. The quantitative estimate of drug-likeness (QED) is 0.743. The van der Waals surface area contributed by atoms with E-state index in [1.54, 1.807) is 12.3 Å². The summed E-state index contributed by atoms with van der Waals surface area (Å²) in [6, 6.07) is 10.7. The van der Waals surface area contributed by atoms with E-state index in [0.717, 1.165) is 43.0 Å². The predicted octanol–water partition coefficient (Wildman–Crippen LogP) is 3.20. The van der Waals surface area contributed by atoms with Crippen LogP contribution in [0.5, 0.6) is 0 Å². The average Bonchev–Trinajstić information content (AvgIpc) is 3.19. The molecule has 1 aliphatic rings. The lowest BCUT2D eigenvalue weighted by Crippen LogP contribution is -2.12. The van der Waals surface area contributed by atoms with E-state index < -0.39 is 0 Å². The molecule has 1 aromatic carbocycles. The van der Waals surface area contributed by atoms with E-state index in [0.29, 0.717) is 18.0 Å². The number of benzene rings is 1. The van der Waals surface area contributed by atoms with Gasteiger partial charge < -0.3 is 9.30 Å². The highest BCUT2D eigenvalue weighted by Crippen LogP contribution is 2.22. The maximum atomic E-state index is 14.0. The zero-order chi connectivity index (χ0) is 15.6. The van der Waals surface area contributed by atoms with Gasteiger partial charge in [-0.25, -0.2) is 14.4 Å². The van der Waals surface area contributed by atoms with Crippen LogP contribution in [0.2, 0.25) is 0 Å². The zero-order valence-corrected chi connectivity index (χ0v) is 12.8. The average molecular weight is 311 g/mol. The summed E-state index contributed by atoms with van der Waals surface area (Å²) in [7, 11) is 0. The molecule has 0 amide bonds. The maximum Gasteiger partial charge on any atom is 0.160 e. The van der Waals surface area contributed by atoms with Crippen LogP contribution in [0, 0.1) is 11.7 Å². The second-order valence-electron chi connectivity index (χ2n) is 5.99. The molecule has 3 aromatic rings. The van der Waals surface area contributed by atoms with Crippen molar-refractivity contribution in [2.45, 2.75) is 19.4 Å². The molecule has 4 rings (SSSR count). The lowest BCUT2D eigenvalue weighted by Gasteiger charge is -2.12. The minimum absolute atomic E-state index is 0.194. The van der Waals surface area contributed by atoms with Crippen molar-refractivity contribution in [1.29, 1.82) is 0 Å². The molecule has 5 heteroatoms. The van der Waals surface area contributed by atoms with Crippen molar-refractivity contribution in [2.24, 2.45) is 5.92 Å². The Hall–Kier alpha value is -2.27. The third-order valence-corrected chi connectivity index (χ3v) is 4.36. The van der Waals surface area contributed by atoms with Gasteiger partial charge in [0.05, 0.1) is 6.54 Å². The van der Waals surface area contributed by atoms with Crippen LogP contribution in [0.3, 0.4) is 0 Å². The highest BCUT2D eigenvalue weighted by Gasteiger charge is 2.21. The lowest BCUT2D eigenvalue weighted by atomic mass is 10.0. The molecule has 2 aromatic heterocycles. The van der Waals surface area contributed by atoms with Crippen molar-refractivity contribution in [3.05, 3.63) is 59.8 Å². The van der Waals surface area contributed by atoms with Gasteiger partial charge in [-0.1, -0.05) is 18.2 Å². The van der Waals surface area contributed by atoms with Crippen LogP contribution < -0.4 is 0 Å². The van der Waals surface area contributed by atoms with E-state index in [1.807, 2.05) is 28.8 Å². The summed E-state index contributed by atoms with van der Waals surface area (Å²) in [5.41, 5.74) is 2.32. The third kappa shape index (κ3) is 2.84. The summed E-state index contributed by atoms with van der Waals surface area (Å²) in [5.74, 6) is 1.24. The van der Waals surface area contributed by atoms with Gasteiger partial charge in [0.15, 0.2) is 5.65 Å². The van der Waals surface area contributed by atoms with Crippen molar-refractivity contribution < 1.29 is 9.13 Å². The first kappa shape index (κ1) is 14.3. The molecule has 1 unspecified atom stereocenters. The van der Waals surface area contributed by atoms with E-state index in [9.17, 15) is 4.39 Å². The second kappa shape index (κ2) is 6.08. The number of hydrogen-bond acceptors (Lipinski definition) is 3. The fraction of sp³-hybridized carbons (Fsp3) is 0.333. The molecule has 1 atom stereocenters. The molecule has 1 saturated heterocycles. The van der Waals surface area contributed by atoms with Gasteiger partial charge in [-0.15, -0.1) is 0 Å². The van der Waals surface area contributed by atoms with Crippen LogP contribution in [0.15, 0.2) is 42.6 Å². The molecule has 3 heterocycles. The summed E-state index contributed by atoms with van der Waals surface area (Å²) in [4.78, 5) is 9.17.